The van der Waals surface area contributed by atoms with Crippen LogP contribution in [0.4, 0.5) is 0 Å². The molecule has 16 nitrogen and oxygen atoms in total. The third kappa shape index (κ3) is 18.7. The highest BCUT2D eigenvalue weighted by molar-refractivity contribution is 6.76. The molecule has 406 valence electrons. The summed E-state index contributed by atoms with van der Waals surface area (Å²) in [7, 11) is 0. The second-order valence-electron chi connectivity index (χ2n) is 17.9. The van der Waals surface area contributed by atoms with Crippen molar-refractivity contribution in [2.45, 2.75) is 151 Å². The molecule has 5 rings (SSSR count). The van der Waals surface area contributed by atoms with Crippen LogP contribution in [0.5, 0.6) is 0 Å². The molecule has 0 saturated carbocycles. The van der Waals surface area contributed by atoms with Gasteiger partial charge in [-0.2, -0.15) is 0 Å². The second kappa shape index (κ2) is 31.0. The van der Waals surface area contributed by atoms with Gasteiger partial charge in [0.05, 0.1) is 44.9 Å². The number of allylic oxidation sites excluding steroid dienone is 1. The summed E-state index contributed by atoms with van der Waals surface area (Å²) in [6.07, 6.45) is -9.93. The van der Waals surface area contributed by atoms with Gasteiger partial charge in [-0.1, -0.05) is 160 Å². The summed E-state index contributed by atoms with van der Waals surface area (Å²) < 4.78 is 67.2. The number of hydrogen-bond acceptors (Lipinski definition) is 16. The van der Waals surface area contributed by atoms with Crippen LogP contribution < -0.4 is 0 Å². The highest BCUT2D eigenvalue weighted by Gasteiger charge is 2.56. The maximum Gasteiger partial charge on any atom is 0.321 e. The van der Waals surface area contributed by atoms with E-state index in [0.29, 0.717) is 32.1 Å². The van der Waals surface area contributed by atoms with Gasteiger partial charge in [-0.05, 0) is 48.8 Å². The Kier molecular flexibility index (Phi) is 25.4. The van der Waals surface area contributed by atoms with Crippen LogP contribution in [-0.2, 0) is 91.1 Å². The van der Waals surface area contributed by atoms with Crippen molar-refractivity contribution in [3.05, 3.63) is 120 Å². The molecule has 3 aromatic carbocycles. The predicted octanol–water partition coefficient (Wildman–Crippen LogP) is 9.93. The number of carbonyl (C=O) groups is 4. The zero-order chi connectivity index (χ0) is 53.6. The Balaban J connectivity index is 1.62. The van der Waals surface area contributed by atoms with Gasteiger partial charge in [0.1, 0.15) is 30.3 Å². The number of hydrogen-bond donors (Lipinski definition) is 1. The molecule has 0 radical (unpaired) electrons. The van der Waals surface area contributed by atoms with E-state index in [2.05, 4.69) is 6.58 Å². The van der Waals surface area contributed by atoms with Gasteiger partial charge in [0, 0.05) is 6.42 Å². The minimum atomic E-state index is -2.45. The van der Waals surface area contributed by atoms with E-state index in [1.807, 2.05) is 91.0 Å². The maximum absolute atomic E-state index is 14.0. The van der Waals surface area contributed by atoms with Crippen molar-refractivity contribution >= 4 is 76.2 Å². The quantitative estimate of drug-likeness (QED) is 0.0137. The number of ether oxygens (including phenoxy) is 11. The van der Waals surface area contributed by atoms with Crippen molar-refractivity contribution in [2.75, 3.05) is 19.1 Å². The lowest BCUT2D eigenvalue weighted by Gasteiger charge is -2.47. The average Bonchev–Trinajstić information content (AvgIpc) is 3.40. The summed E-state index contributed by atoms with van der Waals surface area (Å²) in [6, 6.07) is 28.4. The Morgan fingerprint density at radius 1 is 0.608 bits per heavy atom. The number of benzene rings is 3. The lowest BCUT2D eigenvalue weighted by atomic mass is 9.96. The van der Waals surface area contributed by atoms with Gasteiger partial charge in [-0.25, -0.2) is 0 Å². The molecule has 0 aliphatic carbocycles. The van der Waals surface area contributed by atoms with Gasteiger partial charge >= 0.3 is 23.9 Å². The van der Waals surface area contributed by atoms with Crippen molar-refractivity contribution in [1.29, 1.82) is 5.41 Å². The fourth-order valence-corrected chi connectivity index (χ4v) is 7.93. The van der Waals surface area contributed by atoms with Crippen LogP contribution in [0.15, 0.2) is 104 Å². The van der Waals surface area contributed by atoms with E-state index in [1.165, 1.54) is 0 Å². The number of carbonyl (C=O) groups excluding carboxylic acids is 4. The molecule has 3 aromatic rings. The first-order valence-corrected chi connectivity index (χ1v) is 26.4. The Labute approximate surface area is 453 Å². The average molecular weight is 1110 g/mol. The van der Waals surface area contributed by atoms with E-state index in [9.17, 15) is 19.2 Å². The number of unbranched alkanes of at least 4 members (excludes halogenated alkanes) is 2. The zero-order valence-electron chi connectivity index (χ0n) is 42.0. The van der Waals surface area contributed by atoms with Crippen molar-refractivity contribution in [3.8, 4) is 0 Å². The third-order valence-electron chi connectivity index (χ3n) is 12.3. The molecular formula is C54H67Cl4NO15. The number of nitrogens with one attached hydrogen (secondary N) is 1. The summed E-state index contributed by atoms with van der Waals surface area (Å²) in [5.74, 6) is -6.11. The first-order valence-electron chi connectivity index (χ1n) is 24.7. The van der Waals surface area contributed by atoms with Gasteiger partial charge in [0.2, 0.25) is 18.3 Å². The molecule has 0 amide bonds. The van der Waals surface area contributed by atoms with Crippen molar-refractivity contribution in [1.82, 2.24) is 0 Å². The van der Waals surface area contributed by atoms with Crippen molar-refractivity contribution in [2.24, 2.45) is 11.8 Å². The Morgan fingerprint density at radius 3 is 1.62 bits per heavy atom. The van der Waals surface area contributed by atoms with Crippen LogP contribution in [0.1, 0.15) is 82.9 Å². The molecule has 1 unspecified atom stereocenters. The number of rotatable bonds is 28. The lowest BCUT2D eigenvalue weighted by Crippen LogP contribution is -2.65. The molecule has 0 spiro atoms. The Hall–Kier alpha value is -4.33. The molecule has 20 heteroatoms. The number of esters is 4. The Bertz CT molecular complexity index is 2210. The molecule has 2 saturated heterocycles. The van der Waals surface area contributed by atoms with Gasteiger partial charge in [-0.3, -0.25) is 24.6 Å². The van der Waals surface area contributed by atoms with E-state index in [1.54, 1.807) is 33.8 Å². The summed E-state index contributed by atoms with van der Waals surface area (Å²) >= 11 is 24.1. The minimum Gasteiger partial charge on any atom is -0.455 e. The monoisotopic (exact) mass is 1110 g/mol. The molecule has 2 aliphatic heterocycles. The molecule has 1 N–H and O–H groups in total. The van der Waals surface area contributed by atoms with Crippen LogP contribution in [-0.4, -0.2) is 114 Å². The van der Waals surface area contributed by atoms with E-state index >= 15 is 0 Å². The highest BCUT2D eigenvalue weighted by atomic mass is 35.6. The van der Waals surface area contributed by atoms with Gasteiger partial charge in [0.25, 0.3) is 3.79 Å². The standard InChI is InChI=1S/C54H67Cl4NO15/c1-6-9-10-20-27-41(60)70-47-45(66-31-38-25-18-13-19-26-38)43(65-30-37-23-16-12-17-24-37)39(32-64-29-36-21-14-11-15-22-36)68-51(47)67-33-40-44(72-49(62)34(4)7-2)46(73-50(63)35(5)8-3)48(71-42(61)28-55)52(69-40)74-53(59)54(56,57)58/h6,11-19,21-26,34-35,39-40,43-48,51-52,59H,1,7-10,20,27-33H2,2-5H3/t34-,35-,39+,40+,43+,44+,45-,46-,47+,48+,51+,52?/m0/s1. The first kappa shape index (κ1) is 60.5. The smallest absolute Gasteiger partial charge is 0.321 e. The second-order valence-corrected chi connectivity index (χ2v) is 20.4. The first-order chi connectivity index (χ1) is 35.6. The summed E-state index contributed by atoms with van der Waals surface area (Å²) in [6.45, 7) is 10.3. The van der Waals surface area contributed by atoms with E-state index in [0.717, 1.165) is 16.7 Å². The topological polar surface area (TPSA) is 194 Å². The van der Waals surface area contributed by atoms with Crippen LogP contribution in [0.2, 0.25) is 0 Å². The normalized spacial score (nSPS) is 24.6. The molecule has 12 atom stereocenters. The molecule has 74 heavy (non-hydrogen) atoms. The van der Waals surface area contributed by atoms with Crippen molar-refractivity contribution in [3.63, 3.8) is 0 Å². The number of halogens is 4. The van der Waals surface area contributed by atoms with Crippen LogP contribution >= 0.6 is 46.4 Å². The molecular weight excluding hydrogens is 1040 g/mol. The molecule has 2 fully saturated rings. The molecule has 0 aromatic heterocycles. The van der Waals surface area contributed by atoms with Crippen LogP contribution in [0.25, 0.3) is 0 Å². The number of alkyl halides is 4. The summed E-state index contributed by atoms with van der Waals surface area (Å²) in [5, 5.41) is 8.50. The molecule has 0 bridgehead atoms. The fraction of sp³-hybridized carbons (Fsp3) is 0.537. The zero-order valence-corrected chi connectivity index (χ0v) is 45.0. The van der Waals surface area contributed by atoms with Gasteiger partial charge in [0.15, 0.2) is 24.6 Å². The lowest BCUT2D eigenvalue weighted by molar-refractivity contribution is -0.337. The maximum atomic E-state index is 14.0. The Morgan fingerprint density at radius 2 is 1.09 bits per heavy atom. The fourth-order valence-electron chi connectivity index (χ4n) is 7.73. The van der Waals surface area contributed by atoms with E-state index < -0.39 is 119 Å². The predicted molar refractivity (Wildman–Crippen MR) is 276 cm³/mol. The minimum absolute atomic E-state index is 0.0286. The van der Waals surface area contributed by atoms with Crippen LogP contribution in [0, 0.1) is 17.2 Å². The largest absolute Gasteiger partial charge is 0.455 e. The summed E-state index contributed by atoms with van der Waals surface area (Å²) in [5.41, 5.74) is 2.54. The molecule has 2 aliphatic rings. The van der Waals surface area contributed by atoms with Gasteiger partial charge in [-0.15, -0.1) is 18.2 Å². The van der Waals surface area contributed by atoms with Gasteiger partial charge < -0.3 is 52.1 Å². The van der Waals surface area contributed by atoms with E-state index in [4.69, 9.17) is 104 Å². The van der Waals surface area contributed by atoms with Crippen LogP contribution in [0.3, 0.4) is 0 Å². The van der Waals surface area contributed by atoms with E-state index in [-0.39, 0.29) is 32.8 Å². The summed E-state index contributed by atoms with van der Waals surface area (Å²) in [4.78, 5) is 54.6. The molecule has 2 heterocycles. The highest BCUT2D eigenvalue weighted by Crippen LogP contribution is 2.37. The SMILES string of the molecule is C=CCCCCC(=O)O[C@H]1[C@H](OC[C@H]2OC(OC(=N)C(Cl)(Cl)Cl)[C@H](OC(=O)CCl)[C@@H](OC(=O)[C@@H](C)CC)[C@@H]2OC(=O)[C@@H](C)CC)O[C@H](COCc2ccccc2)[C@@H](OCc2ccccc2)[C@@H]1OCc1ccccc1. The third-order valence-corrected chi connectivity index (χ3v) is 13.0. The van der Waals surface area contributed by atoms with Crippen molar-refractivity contribution < 1.29 is 71.3 Å².